The minimum atomic E-state index is -0.437. The van der Waals surface area contributed by atoms with E-state index in [0.29, 0.717) is 31.0 Å². The first-order chi connectivity index (χ1) is 12.6. The molecule has 0 unspecified atom stereocenters. The van der Waals surface area contributed by atoms with E-state index < -0.39 is 5.41 Å². The fourth-order valence-corrected chi connectivity index (χ4v) is 4.22. The molecule has 2 amide bonds. The van der Waals surface area contributed by atoms with E-state index in [4.69, 9.17) is 4.42 Å². The fraction of sp³-hybridized carbons (Fsp3) is 0.450. The van der Waals surface area contributed by atoms with E-state index in [0.717, 1.165) is 31.4 Å². The molecule has 4 heterocycles. The lowest BCUT2D eigenvalue weighted by Crippen LogP contribution is -2.50. The highest BCUT2D eigenvalue weighted by atomic mass is 16.3. The summed E-state index contributed by atoms with van der Waals surface area (Å²) in [6, 6.07) is 5.59. The van der Waals surface area contributed by atoms with E-state index in [1.165, 1.54) is 6.26 Å². The average Bonchev–Trinajstić information content (AvgIpc) is 3.27. The standard InChI is InChI=1S/C20H23N3O3/c1-15-17(5-11-26-15)18(24)23-10-7-20(14-23)6-3-9-22(19(20)25)13-16-4-2-8-21-12-16/h2,4-5,8,11-12H,3,6-7,9-10,13-14H2,1H3/t20-/m0/s1. The second-order valence-corrected chi connectivity index (χ2v) is 7.34. The summed E-state index contributed by atoms with van der Waals surface area (Å²) in [4.78, 5) is 33.9. The van der Waals surface area contributed by atoms with Crippen molar-refractivity contribution in [1.29, 1.82) is 0 Å². The molecule has 2 saturated heterocycles. The van der Waals surface area contributed by atoms with Crippen LogP contribution in [0.15, 0.2) is 41.3 Å². The Morgan fingerprint density at radius 1 is 1.31 bits per heavy atom. The first-order valence-corrected chi connectivity index (χ1v) is 9.11. The zero-order valence-corrected chi connectivity index (χ0v) is 15.0. The normalized spacial score (nSPS) is 23.0. The van der Waals surface area contributed by atoms with Gasteiger partial charge in [-0.3, -0.25) is 14.6 Å². The second-order valence-electron chi connectivity index (χ2n) is 7.34. The third kappa shape index (κ3) is 2.89. The molecule has 2 aromatic rings. The van der Waals surface area contributed by atoms with Crippen LogP contribution in [0.4, 0.5) is 0 Å². The average molecular weight is 353 g/mol. The number of pyridine rings is 1. The molecule has 0 bridgehead atoms. The van der Waals surface area contributed by atoms with Crippen LogP contribution < -0.4 is 0 Å². The predicted octanol–water partition coefficient (Wildman–Crippen LogP) is 2.64. The lowest BCUT2D eigenvalue weighted by molar-refractivity contribution is -0.146. The zero-order valence-electron chi connectivity index (χ0n) is 15.0. The van der Waals surface area contributed by atoms with Crippen molar-refractivity contribution < 1.29 is 14.0 Å². The van der Waals surface area contributed by atoms with Crippen molar-refractivity contribution in [3.8, 4) is 0 Å². The first kappa shape index (κ1) is 16.8. The lowest BCUT2D eigenvalue weighted by Gasteiger charge is -2.39. The minimum absolute atomic E-state index is 0.0368. The molecule has 2 aliphatic rings. The minimum Gasteiger partial charge on any atom is -0.469 e. The van der Waals surface area contributed by atoms with Gasteiger partial charge in [-0.1, -0.05) is 6.07 Å². The molecular weight excluding hydrogens is 330 g/mol. The number of carbonyl (C=O) groups excluding carboxylic acids is 2. The highest BCUT2D eigenvalue weighted by Crippen LogP contribution is 2.41. The number of hydrogen-bond donors (Lipinski definition) is 0. The smallest absolute Gasteiger partial charge is 0.257 e. The molecule has 1 spiro atoms. The van der Waals surface area contributed by atoms with E-state index in [2.05, 4.69) is 4.98 Å². The number of likely N-dealkylation sites (tertiary alicyclic amines) is 2. The van der Waals surface area contributed by atoms with Gasteiger partial charge >= 0.3 is 0 Å². The number of hydrogen-bond acceptors (Lipinski definition) is 4. The zero-order chi connectivity index (χ0) is 18.1. The Hall–Kier alpha value is -2.63. The van der Waals surface area contributed by atoms with Crippen molar-refractivity contribution in [3.63, 3.8) is 0 Å². The van der Waals surface area contributed by atoms with Crippen LogP contribution in [0.5, 0.6) is 0 Å². The molecule has 0 aromatic carbocycles. The Morgan fingerprint density at radius 2 is 2.19 bits per heavy atom. The summed E-state index contributed by atoms with van der Waals surface area (Å²) in [5, 5.41) is 0. The van der Waals surface area contributed by atoms with E-state index in [-0.39, 0.29) is 11.8 Å². The van der Waals surface area contributed by atoms with Crippen LogP contribution in [0.25, 0.3) is 0 Å². The molecule has 2 aromatic heterocycles. The molecule has 1 atom stereocenters. The molecular formula is C20H23N3O3. The predicted molar refractivity (Wildman–Crippen MR) is 95.3 cm³/mol. The van der Waals surface area contributed by atoms with E-state index in [9.17, 15) is 9.59 Å². The van der Waals surface area contributed by atoms with Crippen molar-refractivity contribution in [2.24, 2.45) is 5.41 Å². The third-order valence-electron chi connectivity index (χ3n) is 5.65. The van der Waals surface area contributed by atoms with Gasteiger partial charge in [-0.15, -0.1) is 0 Å². The summed E-state index contributed by atoms with van der Waals surface area (Å²) in [7, 11) is 0. The van der Waals surface area contributed by atoms with Gasteiger partial charge in [-0.25, -0.2) is 0 Å². The molecule has 0 aliphatic carbocycles. The summed E-state index contributed by atoms with van der Waals surface area (Å²) in [6.45, 7) is 4.27. The van der Waals surface area contributed by atoms with Gasteiger partial charge in [0.2, 0.25) is 5.91 Å². The number of nitrogens with zero attached hydrogens (tertiary/aromatic N) is 3. The Labute approximate surface area is 152 Å². The first-order valence-electron chi connectivity index (χ1n) is 9.11. The molecule has 136 valence electrons. The van der Waals surface area contributed by atoms with Crippen molar-refractivity contribution in [3.05, 3.63) is 53.7 Å². The van der Waals surface area contributed by atoms with Crippen molar-refractivity contribution in [1.82, 2.24) is 14.8 Å². The van der Waals surface area contributed by atoms with Gasteiger partial charge < -0.3 is 14.2 Å². The van der Waals surface area contributed by atoms with Gasteiger partial charge in [0, 0.05) is 38.6 Å². The van der Waals surface area contributed by atoms with Crippen molar-refractivity contribution >= 4 is 11.8 Å². The van der Waals surface area contributed by atoms with Crippen LogP contribution in [0.1, 0.15) is 40.9 Å². The second kappa shape index (κ2) is 6.59. The molecule has 26 heavy (non-hydrogen) atoms. The van der Waals surface area contributed by atoms with Crippen LogP contribution in [0, 0.1) is 12.3 Å². The largest absolute Gasteiger partial charge is 0.469 e. The number of aryl methyl sites for hydroxylation is 1. The SMILES string of the molecule is Cc1occc1C(=O)N1CC[C@@]2(CCCN(Cc3cccnc3)C2=O)C1. The third-order valence-corrected chi connectivity index (χ3v) is 5.65. The summed E-state index contributed by atoms with van der Waals surface area (Å²) >= 11 is 0. The van der Waals surface area contributed by atoms with Gasteiger partial charge in [0.15, 0.2) is 0 Å². The van der Waals surface area contributed by atoms with Crippen molar-refractivity contribution in [2.75, 3.05) is 19.6 Å². The van der Waals surface area contributed by atoms with E-state index >= 15 is 0 Å². The van der Waals surface area contributed by atoms with Crippen LogP contribution in [-0.4, -0.2) is 46.2 Å². The Bertz CT molecular complexity index is 817. The topological polar surface area (TPSA) is 66.7 Å². The number of aromatic nitrogens is 1. The van der Waals surface area contributed by atoms with Crippen molar-refractivity contribution in [2.45, 2.75) is 32.7 Å². The molecule has 6 heteroatoms. The van der Waals surface area contributed by atoms with Crippen LogP contribution in [-0.2, 0) is 11.3 Å². The maximum absolute atomic E-state index is 13.2. The van der Waals surface area contributed by atoms with Gasteiger partial charge in [0.25, 0.3) is 5.91 Å². The summed E-state index contributed by atoms with van der Waals surface area (Å²) < 4.78 is 5.26. The van der Waals surface area contributed by atoms with Crippen LogP contribution >= 0.6 is 0 Å². The molecule has 0 N–H and O–H groups in total. The van der Waals surface area contributed by atoms with E-state index in [1.54, 1.807) is 25.4 Å². The molecule has 0 radical (unpaired) electrons. The van der Waals surface area contributed by atoms with E-state index in [1.807, 2.05) is 21.9 Å². The Balaban J connectivity index is 1.49. The van der Waals surface area contributed by atoms with Crippen LogP contribution in [0.2, 0.25) is 0 Å². The summed E-state index contributed by atoms with van der Waals surface area (Å²) in [5.41, 5.74) is 1.20. The highest BCUT2D eigenvalue weighted by molar-refractivity contribution is 5.96. The summed E-state index contributed by atoms with van der Waals surface area (Å²) in [6.07, 6.45) is 7.64. The molecule has 0 saturated carbocycles. The maximum Gasteiger partial charge on any atom is 0.257 e. The number of amides is 2. The van der Waals surface area contributed by atoms with Gasteiger partial charge in [0.1, 0.15) is 5.76 Å². The number of rotatable bonds is 3. The van der Waals surface area contributed by atoms with Gasteiger partial charge in [-0.05, 0) is 43.9 Å². The molecule has 4 rings (SSSR count). The number of piperidine rings is 1. The lowest BCUT2D eigenvalue weighted by atomic mass is 9.78. The Kier molecular flexibility index (Phi) is 4.26. The van der Waals surface area contributed by atoms with Crippen LogP contribution in [0.3, 0.4) is 0 Å². The highest BCUT2D eigenvalue weighted by Gasteiger charge is 2.49. The van der Waals surface area contributed by atoms with Gasteiger partial charge in [-0.2, -0.15) is 0 Å². The Morgan fingerprint density at radius 3 is 2.92 bits per heavy atom. The number of carbonyl (C=O) groups is 2. The maximum atomic E-state index is 13.2. The number of furan rings is 1. The fourth-order valence-electron chi connectivity index (χ4n) is 4.22. The quantitative estimate of drug-likeness (QED) is 0.851. The monoisotopic (exact) mass is 353 g/mol. The molecule has 6 nitrogen and oxygen atoms in total. The molecule has 2 fully saturated rings. The van der Waals surface area contributed by atoms with Gasteiger partial charge in [0.05, 0.1) is 17.2 Å². The molecule has 2 aliphatic heterocycles. The summed E-state index contributed by atoms with van der Waals surface area (Å²) in [5.74, 6) is 0.765.